The van der Waals surface area contributed by atoms with E-state index in [0.717, 1.165) is 9.87 Å². The number of benzene rings is 3. The zero-order chi connectivity index (χ0) is 27.4. The van der Waals surface area contributed by atoms with Gasteiger partial charge in [-0.1, -0.05) is 46.3 Å². The highest BCUT2D eigenvalue weighted by molar-refractivity contribution is 9.10. The van der Waals surface area contributed by atoms with Gasteiger partial charge in [0, 0.05) is 16.7 Å². The van der Waals surface area contributed by atoms with Crippen molar-refractivity contribution < 1.29 is 39.6 Å². The molecule has 198 valence electrons. The molecule has 3 aromatic rings. The highest BCUT2D eigenvalue weighted by atomic mass is 79.9. The summed E-state index contributed by atoms with van der Waals surface area (Å²) in [6.07, 6.45) is -10.0. The minimum atomic E-state index is -5.10. The molecule has 3 aromatic carbocycles. The fourth-order valence-electron chi connectivity index (χ4n) is 3.33. The van der Waals surface area contributed by atoms with E-state index in [1.165, 1.54) is 24.3 Å². The van der Waals surface area contributed by atoms with E-state index in [4.69, 9.17) is 0 Å². The molecule has 3 rings (SSSR count). The Morgan fingerprint density at radius 2 is 1.38 bits per heavy atom. The second-order valence-electron chi connectivity index (χ2n) is 7.87. The third kappa shape index (κ3) is 7.79. The summed E-state index contributed by atoms with van der Waals surface area (Å²) >= 11 is 3.19. The fourth-order valence-corrected chi connectivity index (χ4v) is 4.99. The number of nitrogens with zero attached hydrogens (tertiary/aromatic N) is 1. The van der Waals surface area contributed by atoms with Crippen LogP contribution < -0.4 is 5.32 Å². The Balaban J connectivity index is 1.89. The first-order valence-electron chi connectivity index (χ1n) is 10.6. The van der Waals surface area contributed by atoms with Crippen LogP contribution in [-0.2, 0) is 33.6 Å². The largest absolute Gasteiger partial charge is 0.416 e. The number of amides is 1. The highest BCUT2D eigenvalue weighted by Gasteiger charge is 2.37. The van der Waals surface area contributed by atoms with Gasteiger partial charge in [-0.2, -0.15) is 30.6 Å². The van der Waals surface area contributed by atoms with Crippen LogP contribution >= 0.6 is 15.9 Å². The van der Waals surface area contributed by atoms with Gasteiger partial charge in [0.15, 0.2) is 0 Å². The molecule has 0 heterocycles. The van der Waals surface area contributed by atoms with Gasteiger partial charge in [0.25, 0.3) is 0 Å². The van der Waals surface area contributed by atoms with Gasteiger partial charge in [0.05, 0.1) is 22.6 Å². The lowest BCUT2D eigenvalue weighted by molar-refractivity contribution is -0.143. The third-order valence-electron chi connectivity index (χ3n) is 5.14. The lowest BCUT2D eigenvalue weighted by atomic mass is 10.1. The lowest BCUT2D eigenvalue weighted by Gasteiger charge is -2.22. The summed E-state index contributed by atoms with van der Waals surface area (Å²) in [5.74, 6) is -1.11. The van der Waals surface area contributed by atoms with E-state index in [-0.39, 0.29) is 23.9 Å². The predicted molar refractivity (Wildman–Crippen MR) is 128 cm³/mol. The molecular formula is C24H19BrF6N2O3S. The van der Waals surface area contributed by atoms with Gasteiger partial charge in [0.1, 0.15) is 0 Å². The van der Waals surface area contributed by atoms with Crippen molar-refractivity contribution in [3.8, 4) is 0 Å². The number of halogens is 7. The van der Waals surface area contributed by atoms with Crippen LogP contribution in [0.1, 0.15) is 16.7 Å². The summed E-state index contributed by atoms with van der Waals surface area (Å²) < 4.78 is 107. The summed E-state index contributed by atoms with van der Waals surface area (Å²) in [6, 6.07) is 14.9. The molecule has 0 saturated carbocycles. The molecule has 0 saturated heterocycles. The van der Waals surface area contributed by atoms with Crippen molar-refractivity contribution >= 4 is 37.5 Å². The maximum atomic E-state index is 13.3. The molecule has 0 aliphatic heterocycles. The van der Waals surface area contributed by atoms with Crippen molar-refractivity contribution in [2.75, 3.05) is 18.4 Å². The molecule has 1 N–H and O–H groups in total. The molecule has 13 heteroatoms. The van der Waals surface area contributed by atoms with E-state index in [9.17, 15) is 39.6 Å². The van der Waals surface area contributed by atoms with E-state index in [1.54, 1.807) is 30.3 Å². The Kier molecular flexibility index (Phi) is 8.70. The van der Waals surface area contributed by atoms with Crippen LogP contribution in [0.2, 0.25) is 0 Å². The van der Waals surface area contributed by atoms with Crippen molar-refractivity contribution in [3.63, 3.8) is 0 Å². The first kappa shape index (κ1) is 28.7. The standard InChI is InChI=1S/C24H19BrF6N2O3S/c25-19-6-8-21(9-7-19)37(35,36)33(11-10-16-4-2-1-3-5-16)15-22(34)32-20-13-17(23(26,27)28)12-18(14-20)24(29,30)31/h1-9,12-14H,10-11,15H2,(H,32,34). The van der Waals surface area contributed by atoms with Crippen LogP contribution in [0.15, 0.2) is 82.2 Å². The monoisotopic (exact) mass is 608 g/mol. The number of carbonyl (C=O) groups excluding carboxylic acids is 1. The number of alkyl halides is 6. The zero-order valence-corrected chi connectivity index (χ0v) is 21.2. The minimum Gasteiger partial charge on any atom is -0.325 e. The Morgan fingerprint density at radius 3 is 1.89 bits per heavy atom. The van der Waals surface area contributed by atoms with E-state index < -0.39 is 51.6 Å². The Morgan fingerprint density at radius 1 is 0.838 bits per heavy atom. The molecule has 37 heavy (non-hydrogen) atoms. The van der Waals surface area contributed by atoms with Crippen LogP contribution in [0.4, 0.5) is 32.0 Å². The predicted octanol–water partition coefficient (Wildman–Crippen LogP) is 6.36. The van der Waals surface area contributed by atoms with Crippen LogP contribution in [-0.4, -0.2) is 31.7 Å². The topological polar surface area (TPSA) is 66.5 Å². The summed E-state index contributed by atoms with van der Waals surface area (Å²) in [7, 11) is -4.25. The normalized spacial score (nSPS) is 12.5. The molecule has 1 amide bonds. The van der Waals surface area contributed by atoms with Crippen LogP contribution in [0.5, 0.6) is 0 Å². The second kappa shape index (κ2) is 11.2. The Hall–Kier alpha value is -2.90. The number of anilines is 1. The van der Waals surface area contributed by atoms with Crippen molar-refractivity contribution in [2.45, 2.75) is 23.7 Å². The van der Waals surface area contributed by atoms with Crippen molar-refractivity contribution in [1.82, 2.24) is 4.31 Å². The number of carbonyl (C=O) groups is 1. The number of nitrogens with one attached hydrogen (secondary N) is 1. The highest BCUT2D eigenvalue weighted by Crippen LogP contribution is 2.37. The van der Waals surface area contributed by atoms with Crippen LogP contribution in [0.3, 0.4) is 0 Å². The van der Waals surface area contributed by atoms with Crippen molar-refractivity contribution in [2.24, 2.45) is 0 Å². The first-order chi connectivity index (χ1) is 17.2. The number of rotatable bonds is 8. The van der Waals surface area contributed by atoms with Crippen LogP contribution in [0, 0.1) is 0 Å². The molecule has 0 bridgehead atoms. The first-order valence-corrected chi connectivity index (χ1v) is 12.8. The van der Waals surface area contributed by atoms with E-state index in [1.807, 2.05) is 5.32 Å². The van der Waals surface area contributed by atoms with Crippen LogP contribution in [0.25, 0.3) is 0 Å². The molecule has 0 aliphatic rings. The van der Waals surface area contributed by atoms with Gasteiger partial charge in [-0.25, -0.2) is 8.42 Å². The Labute approximate surface area is 217 Å². The van der Waals surface area contributed by atoms with Crippen molar-refractivity contribution in [3.05, 3.63) is 94.0 Å². The molecule has 0 fully saturated rings. The van der Waals surface area contributed by atoms with Gasteiger partial charge in [-0.3, -0.25) is 4.79 Å². The average molecular weight is 609 g/mol. The van der Waals surface area contributed by atoms with E-state index >= 15 is 0 Å². The molecule has 0 atom stereocenters. The molecule has 0 unspecified atom stereocenters. The van der Waals surface area contributed by atoms with Crippen molar-refractivity contribution in [1.29, 1.82) is 0 Å². The fraction of sp³-hybridized carbons (Fsp3) is 0.208. The maximum Gasteiger partial charge on any atom is 0.416 e. The summed E-state index contributed by atoms with van der Waals surface area (Å²) in [5.41, 5.74) is -3.23. The summed E-state index contributed by atoms with van der Waals surface area (Å²) in [6.45, 7) is -1.02. The third-order valence-corrected chi connectivity index (χ3v) is 7.52. The molecule has 0 spiro atoms. The van der Waals surface area contributed by atoms with Gasteiger partial charge >= 0.3 is 12.4 Å². The second-order valence-corrected chi connectivity index (χ2v) is 10.7. The van der Waals surface area contributed by atoms with E-state index in [0.29, 0.717) is 16.6 Å². The van der Waals surface area contributed by atoms with Gasteiger partial charge in [-0.15, -0.1) is 0 Å². The van der Waals surface area contributed by atoms with E-state index in [2.05, 4.69) is 15.9 Å². The molecule has 0 radical (unpaired) electrons. The molecular weight excluding hydrogens is 590 g/mol. The number of sulfonamides is 1. The maximum absolute atomic E-state index is 13.3. The SMILES string of the molecule is O=C(CN(CCc1ccccc1)S(=O)(=O)c1ccc(Br)cc1)Nc1cc(C(F)(F)F)cc(C(F)(F)F)c1. The summed E-state index contributed by atoms with van der Waals surface area (Å²) in [4.78, 5) is 12.6. The number of hydrogen-bond acceptors (Lipinski definition) is 3. The summed E-state index contributed by atoms with van der Waals surface area (Å²) in [5, 5.41) is 1.98. The molecule has 5 nitrogen and oxygen atoms in total. The van der Waals surface area contributed by atoms with Gasteiger partial charge in [-0.05, 0) is 54.4 Å². The number of hydrogen-bond donors (Lipinski definition) is 1. The quantitative estimate of drug-likeness (QED) is 0.303. The minimum absolute atomic E-state index is 0.0696. The average Bonchev–Trinajstić information content (AvgIpc) is 2.81. The molecule has 0 aliphatic carbocycles. The smallest absolute Gasteiger partial charge is 0.325 e. The zero-order valence-electron chi connectivity index (χ0n) is 18.8. The lowest BCUT2D eigenvalue weighted by Crippen LogP contribution is -2.39. The Bertz CT molecular complexity index is 1310. The van der Waals surface area contributed by atoms with Gasteiger partial charge < -0.3 is 5.32 Å². The molecule has 0 aromatic heterocycles. The van der Waals surface area contributed by atoms with Gasteiger partial charge in [0.2, 0.25) is 15.9 Å².